The van der Waals surface area contributed by atoms with Crippen LogP contribution in [-0.4, -0.2) is 41.5 Å². The molecular formula is C14H18N4OS. The molecule has 20 heavy (non-hydrogen) atoms. The van der Waals surface area contributed by atoms with E-state index in [4.69, 9.17) is 5.73 Å². The number of carbonyl (C=O) groups excluding carboxylic acids is 1. The zero-order valence-corrected chi connectivity index (χ0v) is 12.0. The van der Waals surface area contributed by atoms with E-state index < -0.39 is 0 Å². The van der Waals surface area contributed by atoms with Crippen molar-refractivity contribution < 1.29 is 4.79 Å². The molecule has 1 fully saturated rings. The Bertz CT molecular complexity index is 571. The van der Waals surface area contributed by atoms with Crippen LogP contribution in [0.2, 0.25) is 0 Å². The number of thiazole rings is 1. The Labute approximate surface area is 121 Å². The zero-order valence-electron chi connectivity index (χ0n) is 11.2. The number of benzene rings is 1. The molecule has 1 aliphatic rings. The van der Waals surface area contributed by atoms with Crippen molar-refractivity contribution in [3.8, 4) is 0 Å². The van der Waals surface area contributed by atoms with Gasteiger partial charge in [0.25, 0.3) is 0 Å². The summed E-state index contributed by atoms with van der Waals surface area (Å²) in [6.07, 6.45) is 2.03. The van der Waals surface area contributed by atoms with Crippen molar-refractivity contribution in [2.24, 2.45) is 5.73 Å². The number of para-hydroxylation sites is 1. The van der Waals surface area contributed by atoms with E-state index in [1.807, 2.05) is 18.2 Å². The predicted molar refractivity (Wildman–Crippen MR) is 81.9 cm³/mol. The number of likely N-dealkylation sites (tertiary alicyclic amines) is 1. The number of anilines is 1. The van der Waals surface area contributed by atoms with Crippen LogP contribution in [0.5, 0.6) is 0 Å². The third kappa shape index (κ3) is 3.08. The first kappa shape index (κ1) is 13.3. The van der Waals surface area contributed by atoms with Crippen molar-refractivity contribution >= 4 is 32.6 Å². The molecule has 0 spiro atoms. The Morgan fingerprint density at radius 3 is 2.85 bits per heavy atom. The first-order chi connectivity index (χ1) is 9.70. The standard InChI is InChI=1S/C14H18N4OS/c15-13(19)9-18-7-5-10(6-8-18)16-14-17-11-3-1-2-4-12(11)20-14/h1-4,10H,5-9H2,(H2,15,19)(H,16,17). The van der Waals surface area contributed by atoms with E-state index in [0.29, 0.717) is 12.6 Å². The van der Waals surface area contributed by atoms with Crippen molar-refractivity contribution in [2.75, 3.05) is 25.0 Å². The number of primary amides is 1. The van der Waals surface area contributed by atoms with E-state index in [-0.39, 0.29) is 5.91 Å². The second-order valence-corrected chi connectivity index (χ2v) is 6.18. The molecule has 106 valence electrons. The Morgan fingerprint density at radius 1 is 1.40 bits per heavy atom. The topological polar surface area (TPSA) is 71.2 Å². The highest BCUT2D eigenvalue weighted by atomic mass is 32.1. The number of nitrogens with zero attached hydrogens (tertiary/aromatic N) is 2. The van der Waals surface area contributed by atoms with Crippen LogP contribution in [0.15, 0.2) is 24.3 Å². The van der Waals surface area contributed by atoms with Gasteiger partial charge in [-0.3, -0.25) is 9.69 Å². The Hall–Kier alpha value is -1.66. The summed E-state index contributed by atoms with van der Waals surface area (Å²) in [4.78, 5) is 17.6. The number of rotatable bonds is 4. The molecule has 2 heterocycles. The summed E-state index contributed by atoms with van der Waals surface area (Å²) < 4.78 is 1.21. The minimum atomic E-state index is -0.248. The number of piperidine rings is 1. The van der Waals surface area contributed by atoms with Gasteiger partial charge in [-0.05, 0) is 25.0 Å². The lowest BCUT2D eigenvalue weighted by Crippen LogP contribution is -2.42. The van der Waals surface area contributed by atoms with Gasteiger partial charge >= 0.3 is 0 Å². The second-order valence-electron chi connectivity index (χ2n) is 5.15. The van der Waals surface area contributed by atoms with Crippen molar-refractivity contribution in [3.05, 3.63) is 24.3 Å². The van der Waals surface area contributed by atoms with Crippen LogP contribution in [0.3, 0.4) is 0 Å². The van der Waals surface area contributed by atoms with Gasteiger partial charge in [0.1, 0.15) is 0 Å². The maximum Gasteiger partial charge on any atom is 0.231 e. The van der Waals surface area contributed by atoms with Gasteiger partial charge in [0.2, 0.25) is 5.91 Å². The normalized spacial score (nSPS) is 17.4. The average molecular weight is 290 g/mol. The van der Waals surface area contributed by atoms with Crippen molar-refractivity contribution in [1.29, 1.82) is 0 Å². The van der Waals surface area contributed by atoms with Crippen LogP contribution >= 0.6 is 11.3 Å². The fourth-order valence-electron chi connectivity index (χ4n) is 2.56. The summed E-state index contributed by atoms with van der Waals surface area (Å²) in [5.41, 5.74) is 6.27. The molecule has 1 aromatic heterocycles. The van der Waals surface area contributed by atoms with E-state index in [0.717, 1.165) is 36.6 Å². The van der Waals surface area contributed by atoms with Gasteiger partial charge < -0.3 is 11.1 Å². The Kier molecular flexibility index (Phi) is 3.84. The van der Waals surface area contributed by atoms with Crippen molar-refractivity contribution in [1.82, 2.24) is 9.88 Å². The van der Waals surface area contributed by atoms with Crippen LogP contribution < -0.4 is 11.1 Å². The molecule has 0 atom stereocenters. The van der Waals surface area contributed by atoms with Gasteiger partial charge in [0, 0.05) is 19.1 Å². The van der Waals surface area contributed by atoms with Gasteiger partial charge in [-0.2, -0.15) is 0 Å². The summed E-state index contributed by atoms with van der Waals surface area (Å²) in [6, 6.07) is 8.60. The Balaban J connectivity index is 1.58. The van der Waals surface area contributed by atoms with Gasteiger partial charge in [-0.1, -0.05) is 23.5 Å². The van der Waals surface area contributed by atoms with Crippen LogP contribution in [-0.2, 0) is 4.79 Å². The summed E-state index contributed by atoms with van der Waals surface area (Å²) in [5.74, 6) is -0.248. The lowest BCUT2D eigenvalue weighted by Gasteiger charge is -2.31. The number of fused-ring (bicyclic) bond motifs is 1. The molecule has 0 radical (unpaired) electrons. The molecule has 1 amide bonds. The molecule has 3 rings (SSSR count). The van der Waals surface area contributed by atoms with E-state index in [1.54, 1.807) is 11.3 Å². The third-order valence-corrected chi connectivity index (χ3v) is 4.56. The van der Waals surface area contributed by atoms with Crippen molar-refractivity contribution in [2.45, 2.75) is 18.9 Å². The van der Waals surface area contributed by atoms with E-state index in [1.165, 1.54) is 4.70 Å². The minimum Gasteiger partial charge on any atom is -0.369 e. The van der Waals surface area contributed by atoms with Crippen LogP contribution in [0.1, 0.15) is 12.8 Å². The number of amides is 1. The number of hydrogen-bond donors (Lipinski definition) is 2. The second kappa shape index (κ2) is 5.76. The van der Waals surface area contributed by atoms with Gasteiger partial charge in [0.15, 0.2) is 5.13 Å². The predicted octanol–water partition coefficient (Wildman–Crippen LogP) is 1.66. The lowest BCUT2D eigenvalue weighted by molar-refractivity contribution is -0.119. The van der Waals surface area contributed by atoms with Gasteiger partial charge in [0.05, 0.1) is 16.8 Å². The largest absolute Gasteiger partial charge is 0.369 e. The van der Waals surface area contributed by atoms with E-state index >= 15 is 0 Å². The molecule has 0 bridgehead atoms. The molecule has 0 unspecified atom stereocenters. The minimum absolute atomic E-state index is 0.248. The molecule has 1 aromatic carbocycles. The van der Waals surface area contributed by atoms with Gasteiger partial charge in [-0.15, -0.1) is 0 Å². The summed E-state index contributed by atoms with van der Waals surface area (Å²) in [7, 11) is 0. The monoisotopic (exact) mass is 290 g/mol. The summed E-state index contributed by atoms with van der Waals surface area (Å²) >= 11 is 1.69. The first-order valence-corrected chi connectivity index (χ1v) is 7.65. The average Bonchev–Trinajstić information content (AvgIpc) is 2.82. The maximum absolute atomic E-state index is 10.9. The first-order valence-electron chi connectivity index (χ1n) is 6.83. The highest BCUT2D eigenvalue weighted by Gasteiger charge is 2.20. The van der Waals surface area contributed by atoms with Gasteiger partial charge in [-0.25, -0.2) is 4.98 Å². The quantitative estimate of drug-likeness (QED) is 0.898. The number of aromatic nitrogens is 1. The maximum atomic E-state index is 10.9. The zero-order chi connectivity index (χ0) is 13.9. The highest BCUT2D eigenvalue weighted by molar-refractivity contribution is 7.22. The molecular weight excluding hydrogens is 272 g/mol. The lowest BCUT2D eigenvalue weighted by atomic mass is 10.1. The SMILES string of the molecule is NC(=O)CN1CCC(Nc2nc3ccccc3s2)CC1. The fraction of sp³-hybridized carbons (Fsp3) is 0.429. The highest BCUT2D eigenvalue weighted by Crippen LogP contribution is 2.27. The van der Waals surface area contributed by atoms with Crippen LogP contribution in [0.25, 0.3) is 10.2 Å². The molecule has 5 nitrogen and oxygen atoms in total. The molecule has 1 aliphatic heterocycles. The fourth-order valence-corrected chi connectivity index (χ4v) is 3.51. The summed E-state index contributed by atoms with van der Waals surface area (Å²) in [6.45, 7) is 2.19. The molecule has 0 saturated carbocycles. The number of nitrogens with one attached hydrogen (secondary N) is 1. The van der Waals surface area contributed by atoms with Crippen molar-refractivity contribution in [3.63, 3.8) is 0 Å². The smallest absolute Gasteiger partial charge is 0.231 e. The molecule has 3 N–H and O–H groups in total. The summed E-state index contributed by atoms with van der Waals surface area (Å²) in [5, 5.41) is 4.49. The van der Waals surface area contributed by atoms with E-state index in [2.05, 4.69) is 21.3 Å². The van der Waals surface area contributed by atoms with Crippen LogP contribution in [0, 0.1) is 0 Å². The number of carbonyl (C=O) groups is 1. The number of hydrogen-bond acceptors (Lipinski definition) is 5. The van der Waals surface area contributed by atoms with Crippen LogP contribution in [0.4, 0.5) is 5.13 Å². The molecule has 2 aromatic rings. The van der Waals surface area contributed by atoms with E-state index in [9.17, 15) is 4.79 Å². The third-order valence-electron chi connectivity index (χ3n) is 3.59. The Morgan fingerprint density at radius 2 is 2.15 bits per heavy atom. The number of nitrogens with two attached hydrogens (primary N) is 1. The molecule has 0 aliphatic carbocycles. The molecule has 1 saturated heterocycles. The molecule has 6 heteroatoms.